The summed E-state index contributed by atoms with van der Waals surface area (Å²) in [7, 11) is 1.54. The lowest BCUT2D eigenvalue weighted by Crippen LogP contribution is -2.18. The first kappa shape index (κ1) is 12.0. The highest BCUT2D eigenvalue weighted by atomic mass is 16.5. The van der Waals surface area contributed by atoms with E-state index in [0.717, 1.165) is 0 Å². The molecule has 0 unspecified atom stereocenters. The van der Waals surface area contributed by atoms with Crippen LogP contribution in [0.25, 0.3) is 0 Å². The average molecular weight is 223 g/mol. The summed E-state index contributed by atoms with van der Waals surface area (Å²) in [5.74, 6) is 0.0000607. The van der Waals surface area contributed by atoms with Crippen molar-refractivity contribution in [3.8, 4) is 5.75 Å². The Bertz CT molecular complexity index is 383. The monoisotopic (exact) mass is 223 g/mol. The van der Waals surface area contributed by atoms with Crippen molar-refractivity contribution in [1.82, 2.24) is 0 Å². The maximum absolute atomic E-state index is 11.4. The number of ether oxygens (including phenoxy) is 2. The molecule has 1 aromatic carbocycles. The molecule has 5 heteroatoms. The Hall–Kier alpha value is -2.04. The molecule has 0 aromatic heterocycles. The first-order valence-electron chi connectivity index (χ1n) is 4.76. The molecule has 1 rings (SSSR count). The predicted octanol–water partition coefficient (Wildman–Crippen LogP) is 1.44. The van der Waals surface area contributed by atoms with Crippen molar-refractivity contribution >= 4 is 11.7 Å². The van der Waals surface area contributed by atoms with Gasteiger partial charge in [-0.05, 0) is 31.2 Å². The quantitative estimate of drug-likeness (QED) is 0.363. The fourth-order valence-electron chi connectivity index (χ4n) is 1.16. The van der Waals surface area contributed by atoms with E-state index in [4.69, 9.17) is 14.7 Å². The summed E-state index contributed by atoms with van der Waals surface area (Å²) in [4.78, 5) is 11.4. The van der Waals surface area contributed by atoms with Crippen LogP contribution in [-0.2, 0) is 9.53 Å². The number of benzene rings is 1. The molecule has 16 heavy (non-hydrogen) atoms. The Kier molecular flexibility index (Phi) is 4.32. The summed E-state index contributed by atoms with van der Waals surface area (Å²) in [6.45, 7) is 1.91. The molecule has 0 saturated carbocycles. The molecule has 0 heterocycles. The molecule has 1 N–H and O–H groups in total. The van der Waals surface area contributed by atoms with Crippen LogP contribution in [0.3, 0.4) is 0 Å². The van der Waals surface area contributed by atoms with Gasteiger partial charge in [0.1, 0.15) is 5.75 Å². The van der Waals surface area contributed by atoms with Crippen LogP contribution in [0.2, 0.25) is 0 Å². The van der Waals surface area contributed by atoms with Gasteiger partial charge in [-0.3, -0.25) is 0 Å². The van der Waals surface area contributed by atoms with Crippen molar-refractivity contribution < 1.29 is 19.5 Å². The van der Waals surface area contributed by atoms with Crippen molar-refractivity contribution in [3.05, 3.63) is 29.8 Å². The van der Waals surface area contributed by atoms with Gasteiger partial charge in [-0.2, -0.15) is 0 Å². The minimum atomic E-state index is -0.657. The van der Waals surface area contributed by atoms with E-state index >= 15 is 0 Å². The van der Waals surface area contributed by atoms with E-state index < -0.39 is 5.97 Å². The van der Waals surface area contributed by atoms with Gasteiger partial charge in [0.15, 0.2) is 5.71 Å². The first-order valence-corrected chi connectivity index (χ1v) is 4.76. The Morgan fingerprint density at radius 1 is 1.38 bits per heavy atom. The molecule has 0 aliphatic heterocycles. The van der Waals surface area contributed by atoms with Crippen LogP contribution >= 0.6 is 0 Å². The smallest absolute Gasteiger partial charge is 0.361 e. The molecule has 0 fully saturated rings. The van der Waals surface area contributed by atoms with E-state index in [0.29, 0.717) is 11.3 Å². The third-order valence-corrected chi connectivity index (χ3v) is 1.93. The highest BCUT2D eigenvalue weighted by Gasteiger charge is 2.15. The lowest BCUT2D eigenvalue weighted by molar-refractivity contribution is -0.135. The number of rotatable bonds is 4. The van der Waals surface area contributed by atoms with E-state index in [1.807, 2.05) is 0 Å². The SMILES string of the molecule is CCOC(=O)/C(=N/O)c1ccc(OC)cc1. The van der Waals surface area contributed by atoms with Crippen molar-refractivity contribution in [2.75, 3.05) is 13.7 Å². The van der Waals surface area contributed by atoms with Gasteiger partial charge < -0.3 is 14.7 Å². The van der Waals surface area contributed by atoms with Crippen molar-refractivity contribution in [2.45, 2.75) is 6.92 Å². The molecule has 0 radical (unpaired) electrons. The minimum absolute atomic E-state index is 0.121. The van der Waals surface area contributed by atoms with Crippen LogP contribution in [-0.4, -0.2) is 30.6 Å². The summed E-state index contributed by atoms with van der Waals surface area (Å²) in [6.07, 6.45) is 0. The maximum Gasteiger partial charge on any atom is 0.361 e. The summed E-state index contributed by atoms with van der Waals surface area (Å²) < 4.78 is 9.72. The topological polar surface area (TPSA) is 68.1 Å². The fourth-order valence-corrected chi connectivity index (χ4v) is 1.16. The number of hydrogen-bond acceptors (Lipinski definition) is 5. The minimum Gasteiger partial charge on any atom is -0.497 e. The summed E-state index contributed by atoms with van der Waals surface area (Å²) in [5.41, 5.74) is 0.353. The summed E-state index contributed by atoms with van der Waals surface area (Å²) >= 11 is 0. The van der Waals surface area contributed by atoms with Gasteiger partial charge in [-0.1, -0.05) is 5.16 Å². The number of methoxy groups -OCH3 is 1. The lowest BCUT2D eigenvalue weighted by Gasteiger charge is -2.05. The first-order chi connectivity index (χ1) is 7.72. The zero-order chi connectivity index (χ0) is 12.0. The Labute approximate surface area is 93.3 Å². The van der Waals surface area contributed by atoms with Gasteiger partial charge in [0.05, 0.1) is 13.7 Å². The van der Waals surface area contributed by atoms with Gasteiger partial charge in [0.25, 0.3) is 0 Å². The highest BCUT2D eigenvalue weighted by molar-refractivity contribution is 6.43. The number of esters is 1. The Morgan fingerprint density at radius 3 is 2.44 bits per heavy atom. The third kappa shape index (κ3) is 2.73. The molecule has 0 atom stereocenters. The van der Waals surface area contributed by atoms with E-state index in [1.165, 1.54) is 0 Å². The number of carbonyl (C=O) groups excluding carboxylic acids is 1. The van der Waals surface area contributed by atoms with Crippen molar-refractivity contribution in [2.24, 2.45) is 5.16 Å². The molecular weight excluding hydrogens is 210 g/mol. The second-order valence-corrected chi connectivity index (χ2v) is 2.90. The molecule has 0 aliphatic carbocycles. The zero-order valence-corrected chi connectivity index (χ0v) is 9.14. The Balaban J connectivity index is 2.92. The molecule has 86 valence electrons. The molecule has 1 aromatic rings. The highest BCUT2D eigenvalue weighted by Crippen LogP contribution is 2.12. The van der Waals surface area contributed by atoms with E-state index in [-0.39, 0.29) is 12.3 Å². The van der Waals surface area contributed by atoms with E-state index in [9.17, 15) is 4.79 Å². The van der Waals surface area contributed by atoms with Crippen LogP contribution in [0.5, 0.6) is 5.75 Å². The summed E-state index contributed by atoms with van der Waals surface area (Å²) in [6, 6.07) is 6.56. The second kappa shape index (κ2) is 5.75. The molecule has 0 saturated heterocycles. The van der Waals surface area contributed by atoms with E-state index in [1.54, 1.807) is 38.3 Å². The standard InChI is InChI=1S/C11H13NO4/c1-3-16-11(13)10(12-14)8-4-6-9(15-2)7-5-8/h4-7,14H,3H2,1-2H3/b12-10+. The zero-order valence-electron chi connectivity index (χ0n) is 9.14. The Morgan fingerprint density at radius 2 is 2.00 bits per heavy atom. The molecule has 0 amide bonds. The molecular formula is C11H13NO4. The average Bonchev–Trinajstić information content (AvgIpc) is 2.31. The number of carbonyl (C=O) groups is 1. The predicted molar refractivity (Wildman–Crippen MR) is 58.0 cm³/mol. The molecule has 0 aliphatic rings. The van der Waals surface area contributed by atoms with Crippen molar-refractivity contribution in [3.63, 3.8) is 0 Å². The number of hydrogen-bond donors (Lipinski definition) is 1. The number of nitrogens with zero attached hydrogens (tertiary/aromatic N) is 1. The van der Waals surface area contributed by atoms with Crippen molar-refractivity contribution in [1.29, 1.82) is 0 Å². The van der Waals surface area contributed by atoms with Gasteiger partial charge in [0.2, 0.25) is 0 Å². The van der Waals surface area contributed by atoms with Crippen LogP contribution in [0, 0.1) is 0 Å². The molecule has 5 nitrogen and oxygen atoms in total. The van der Waals surface area contributed by atoms with Gasteiger partial charge >= 0.3 is 5.97 Å². The fraction of sp³-hybridized carbons (Fsp3) is 0.273. The normalized spacial score (nSPS) is 11.0. The third-order valence-electron chi connectivity index (χ3n) is 1.93. The van der Waals surface area contributed by atoms with Crippen LogP contribution < -0.4 is 4.74 Å². The number of oxime groups is 1. The molecule has 0 spiro atoms. The lowest BCUT2D eigenvalue weighted by atomic mass is 10.1. The van der Waals surface area contributed by atoms with Crippen LogP contribution in [0.4, 0.5) is 0 Å². The largest absolute Gasteiger partial charge is 0.497 e. The van der Waals surface area contributed by atoms with E-state index in [2.05, 4.69) is 5.16 Å². The summed E-state index contributed by atoms with van der Waals surface area (Å²) in [5, 5.41) is 11.7. The molecule has 0 bridgehead atoms. The van der Waals surface area contributed by atoms with Crippen LogP contribution in [0.1, 0.15) is 12.5 Å². The van der Waals surface area contributed by atoms with Gasteiger partial charge in [0, 0.05) is 5.56 Å². The second-order valence-electron chi connectivity index (χ2n) is 2.90. The van der Waals surface area contributed by atoms with Gasteiger partial charge in [-0.25, -0.2) is 4.79 Å². The van der Waals surface area contributed by atoms with Gasteiger partial charge in [-0.15, -0.1) is 0 Å². The van der Waals surface area contributed by atoms with Crippen LogP contribution in [0.15, 0.2) is 29.4 Å². The maximum atomic E-state index is 11.4.